The highest BCUT2D eigenvalue weighted by Gasteiger charge is 2.03. The molecule has 0 radical (unpaired) electrons. The number of para-hydroxylation sites is 1. The molecule has 0 heterocycles. The summed E-state index contributed by atoms with van der Waals surface area (Å²) >= 11 is 0. The zero-order valence-corrected chi connectivity index (χ0v) is 13.1. The van der Waals surface area contributed by atoms with Crippen LogP contribution in [0.5, 0.6) is 5.75 Å². The molecule has 0 saturated carbocycles. The number of amides is 1. The van der Waals surface area contributed by atoms with Crippen molar-refractivity contribution in [2.45, 2.75) is 26.8 Å². The standard InChI is InChI=1S/C18H22N2O2/c1-3-12-22-18-7-5-4-6-15(18)13-19-16-8-10-17(11-9-16)20-14(2)21/h4-11,19H,3,12-13H2,1-2H3,(H,20,21). The van der Waals surface area contributed by atoms with Crippen LogP contribution in [0.2, 0.25) is 0 Å². The summed E-state index contributed by atoms with van der Waals surface area (Å²) in [5.74, 6) is 0.856. The SMILES string of the molecule is CCCOc1ccccc1CNc1ccc(NC(C)=O)cc1. The van der Waals surface area contributed by atoms with Crippen LogP contribution in [0.3, 0.4) is 0 Å². The van der Waals surface area contributed by atoms with Crippen molar-refractivity contribution in [1.82, 2.24) is 0 Å². The minimum absolute atomic E-state index is 0.0669. The second-order valence-electron chi connectivity index (χ2n) is 5.07. The molecular formula is C18H22N2O2. The molecule has 0 aliphatic heterocycles. The van der Waals surface area contributed by atoms with Crippen molar-refractivity contribution >= 4 is 17.3 Å². The molecule has 4 heteroatoms. The summed E-state index contributed by atoms with van der Waals surface area (Å²) in [6, 6.07) is 15.7. The summed E-state index contributed by atoms with van der Waals surface area (Å²) in [5.41, 5.74) is 2.92. The van der Waals surface area contributed by atoms with E-state index in [2.05, 4.69) is 23.6 Å². The lowest BCUT2D eigenvalue weighted by Gasteiger charge is -2.12. The molecule has 0 saturated heterocycles. The Labute approximate surface area is 131 Å². The average molecular weight is 298 g/mol. The molecule has 2 N–H and O–H groups in total. The van der Waals surface area contributed by atoms with Crippen LogP contribution in [0.25, 0.3) is 0 Å². The molecule has 0 spiro atoms. The third-order valence-corrected chi connectivity index (χ3v) is 3.12. The van der Waals surface area contributed by atoms with Crippen LogP contribution in [0.1, 0.15) is 25.8 Å². The number of nitrogens with one attached hydrogen (secondary N) is 2. The fourth-order valence-electron chi connectivity index (χ4n) is 2.07. The van der Waals surface area contributed by atoms with E-state index in [1.54, 1.807) is 0 Å². The molecular weight excluding hydrogens is 276 g/mol. The van der Waals surface area contributed by atoms with E-state index in [0.29, 0.717) is 6.54 Å². The summed E-state index contributed by atoms with van der Waals surface area (Å²) < 4.78 is 5.75. The first-order valence-electron chi connectivity index (χ1n) is 7.51. The van der Waals surface area contributed by atoms with Gasteiger partial charge in [0.2, 0.25) is 5.91 Å². The Morgan fingerprint density at radius 3 is 2.41 bits per heavy atom. The quantitative estimate of drug-likeness (QED) is 0.811. The zero-order chi connectivity index (χ0) is 15.8. The molecule has 2 aromatic carbocycles. The second kappa shape index (κ2) is 8.08. The number of ether oxygens (including phenoxy) is 1. The van der Waals surface area contributed by atoms with Gasteiger partial charge >= 0.3 is 0 Å². The Kier molecular flexibility index (Phi) is 5.83. The Morgan fingerprint density at radius 2 is 1.73 bits per heavy atom. The highest BCUT2D eigenvalue weighted by atomic mass is 16.5. The number of carbonyl (C=O) groups is 1. The van der Waals surface area contributed by atoms with Crippen molar-refractivity contribution in [2.75, 3.05) is 17.2 Å². The van der Waals surface area contributed by atoms with E-state index in [1.807, 2.05) is 42.5 Å². The molecule has 0 unspecified atom stereocenters. The molecule has 0 aliphatic rings. The number of hydrogen-bond donors (Lipinski definition) is 2. The molecule has 22 heavy (non-hydrogen) atoms. The van der Waals surface area contributed by atoms with Crippen molar-refractivity contribution in [1.29, 1.82) is 0 Å². The van der Waals surface area contributed by atoms with Crippen molar-refractivity contribution < 1.29 is 9.53 Å². The van der Waals surface area contributed by atoms with E-state index >= 15 is 0 Å². The molecule has 0 aromatic heterocycles. The third-order valence-electron chi connectivity index (χ3n) is 3.12. The fraction of sp³-hybridized carbons (Fsp3) is 0.278. The first kappa shape index (κ1) is 15.9. The van der Waals surface area contributed by atoms with Gasteiger partial charge in [-0.2, -0.15) is 0 Å². The summed E-state index contributed by atoms with van der Waals surface area (Å²) in [5, 5.41) is 6.12. The van der Waals surface area contributed by atoms with Crippen LogP contribution in [0.15, 0.2) is 48.5 Å². The van der Waals surface area contributed by atoms with Gasteiger partial charge in [-0.05, 0) is 36.8 Å². The maximum atomic E-state index is 11.0. The molecule has 116 valence electrons. The zero-order valence-electron chi connectivity index (χ0n) is 13.1. The van der Waals surface area contributed by atoms with E-state index in [1.165, 1.54) is 6.92 Å². The minimum Gasteiger partial charge on any atom is -0.493 e. The third kappa shape index (κ3) is 4.81. The normalized spacial score (nSPS) is 10.1. The Bertz CT molecular complexity index is 609. The maximum Gasteiger partial charge on any atom is 0.221 e. The van der Waals surface area contributed by atoms with Gasteiger partial charge in [-0.15, -0.1) is 0 Å². The lowest BCUT2D eigenvalue weighted by molar-refractivity contribution is -0.114. The lowest BCUT2D eigenvalue weighted by atomic mass is 10.2. The van der Waals surface area contributed by atoms with Gasteiger partial charge in [0.05, 0.1) is 6.61 Å². The Morgan fingerprint density at radius 1 is 1.05 bits per heavy atom. The van der Waals surface area contributed by atoms with Gasteiger partial charge < -0.3 is 15.4 Å². The van der Waals surface area contributed by atoms with E-state index in [0.717, 1.165) is 35.7 Å². The molecule has 0 bridgehead atoms. The smallest absolute Gasteiger partial charge is 0.221 e. The number of benzene rings is 2. The van der Waals surface area contributed by atoms with Gasteiger partial charge in [-0.3, -0.25) is 4.79 Å². The van der Waals surface area contributed by atoms with Gasteiger partial charge in [0.25, 0.3) is 0 Å². The van der Waals surface area contributed by atoms with Crippen molar-refractivity contribution in [3.05, 3.63) is 54.1 Å². The van der Waals surface area contributed by atoms with Crippen molar-refractivity contribution in [3.8, 4) is 5.75 Å². The van der Waals surface area contributed by atoms with Crippen LogP contribution in [0, 0.1) is 0 Å². The molecule has 1 amide bonds. The van der Waals surface area contributed by atoms with E-state index < -0.39 is 0 Å². The largest absolute Gasteiger partial charge is 0.493 e. The number of rotatable bonds is 7. The highest BCUT2D eigenvalue weighted by Crippen LogP contribution is 2.20. The van der Waals surface area contributed by atoms with Gasteiger partial charge in [0.1, 0.15) is 5.75 Å². The fourth-order valence-corrected chi connectivity index (χ4v) is 2.07. The van der Waals surface area contributed by atoms with Gasteiger partial charge in [-0.1, -0.05) is 25.1 Å². The highest BCUT2D eigenvalue weighted by molar-refractivity contribution is 5.88. The van der Waals surface area contributed by atoms with Gasteiger partial charge in [0.15, 0.2) is 0 Å². The van der Waals surface area contributed by atoms with Crippen LogP contribution in [-0.2, 0) is 11.3 Å². The summed E-state index contributed by atoms with van der Waals surface area (Å²) in [6.07, 6.45) is 0.992. The van der Waals surface area contributed by atoms with Crippen LogP contribution < -0.4 is 15.4 Å². The molecule has 0 fully saturated rings. The van der Waals surface area contributed by atoms with Crippen LogP contribution in [0.4, 0.5) is 11.4 Å². The summed E-state index contributed by atoms with van der Waals surface area (Å²) in [4.78, 5) is 11.0. The number of hydrogen-bond acceptors (Lipinski definition) is 3. The minimum atomic E-state index is -0.0669. The number of carbonyl (C=O) groups excluding carboxylic acids is 1. The van der Waals surface area contributed by atoms with Crippen LogP contribution in [-0.4, -0.2) is 12.5 Å². The first-order chi connectivity index (χ1) is 10.7. The van der Waals surface area contributed by atoms with Gasteiger partial charge in [-0.25, -0.2) is 0 Å². The lowest BCUT2D eigenvalue weighted by Crippen LogP contribution is -2.06. The topological polar surface area (TPSA) is 50.4 Å². The van der Waals surface area contributed by atoms with E-state index in [9.17, 15) is 4.79 Å². The molecule has 0 aliphatic carbocycles. The molecule has 0 atom stereocenters. The Balaban J connectivity index is 1.96. The van der Waals surface area contributed by atoms with Crippen molar-refractivity contribution in [3.63, 3.8) is 0 Å². The van der Waals surface area contributed by atoms with Crippen LogP contribution >= 0.6 is 0 Å². The van der Waals surface area contributed by atoms with E-state index in [4.69, 9.17) is 4.74 Å². The van der Waals surface area contributed by atoms with Crippen molar-refractivity contribution in [2.24, 2.45) is 0 Å². The molecule has 4 nitrogen and oxygen atoms in total. The monoisotopic (exact) mass is 298 g/mol. The Hall–Kier alpha value is -2.49. The number of anilines is 2. The average Bonchev–Trinajstić information content (AvgIpc) is 2.52. The predicted molar refractivity (Wildman–Crippen MR) is 90.3 cm³/mol. The second-order valence-corrected chi connectivity index (χ2v) is 5.07. The predicted octanol–water partition coefficient (Wildman–Crippen LogP) is 4.05. The van der Waals surface area contributed by atoms with Gasteiger partial charge in [0, 0.05) is 30.4 Å². The maximum absolute atomic E-state index is 11.0. The molecule has 2 aromatic rings. The first-order valence-corrected chi connectivity index (χ1v) is 7.51. The summed E-state index contributed by atoms with van der Waals surface area (Å²) in [7, 11) is 0. The molecule has 2 rings (SSSR count). The van der Waals surface area contributed by atoms with E-state index in [-0.39, 0.29) is 5.91 Å². The summed E-state index contributed by atoms with van der Waals surface area (Å²) in [6.45, 7) is 5.01.